The van der Waals surface area contributed by atoms with Crippen molar-refractivity contribution < 1.29 is 22.7 Å². The third kappa shape index (κ3) is 9.00. The van der Waals surface area contributed by atoms with Gasteiger partial charge in [0.05, 0.1) is 17.2 Å². The van der Waals surface area contributed by atoms with Gasteiger partial charge in [-0.1, -0.05) is 43.7 Å². The van der Waals surface area contributed by atoms with Crippen LogP contribution in [0.15, 0.2) is 82.6 Å². The number of benzene rings is 3. The minimum Gasteiger partial charge on any atom is -0.494 e. The molecule has 8 nitrogen and oxygen atoms in total. The van der Waals surface area contributed by atoms with Crippen LogP contribution in [0.1, 0.15) is 51.7 Å². The first-order valence-corrected chi connectivity index (χ1v) is 17.2. The Labute approximate surface area is 260 Å². The van der Waals surface area contributed by atoms with E-state index < -0.39 is 28.5 Å². The number of anilines is 1. The summed E-state index contributed by atoms with van der Waals surface area (Å²) in [5, 5.41) is 3.00. The van der Waals surface area contributed by atoms with Crippen LogP contribution in [0.3, 0.4) is 0 Å². The molecule has 0 aliphatic rings. The molecule has 10 heteroatoms. The predicted octanol–water partition coefficient (Wildman–Crippen LogP) is 6.03. The summed E-state index contributed by atoms with van der Waals surface area (Å²) in [6.45, 7) is 9.72. The summed E-state index contributed by atoms with van der Waals surface area (Å²) in [4.78, 5) is 30.2. The molecule has 2 amide bonds. The molecule has 0 spiro atoms. The summed E-state index contributed by atoms with van der Waals surface area (Å²) < 4.78 is 34.9. The number of aryl methyl sites for hydroxylation is 1. The van der Waals surface area contributed by atoms with Crippen LogP contribution in [0.2, 0.25) is 0 Å². The zero-order valence-corrected chi connectivity index (χ0v) is 27.5. The highest BCUT2D eigenvalue weighted by Crippen LogP contribution is 2.28. The van der Waals surface area contributed by atoms with Gasteiger partial charge in [-0.05, 0) is 94.0 Å². The second-order valence-electron chi connectivity index (χ2n) is 10.4. The van der Waals surface area contributed by atoms with Crippen LogP contribution in [-0.2, 0) is 26.2 Å². The average molecular weight is 626 g/mol. The Morgan fingerprint density at radius 1 is 0.953 bits per heavy atom. The van der Waals surface area contributed by atoms with Gasteiger partial charge in [-0.25, -0.2) is 8.42 Å². The Morgan fingerprint density at radius 2 is 1.63 bits per heavy atom. The lowest BCUT2D eigenvalue weighted by atomic mass is 10.1. The topological polar surface area (TPSA) is 96.0 Å². The van der Waals surface area contributed by atoms with Gasteiger partial charge in [0, 0.05) is 17.5 Å². The van der Waals surface area contributed by atoms with Gasteiger partial charge in [-0.3, -0.25) is 13.9 Å². The van der Waals surface area contributed by atoms with Crippen LogP contribution in [0.4, 0.5) is 5.69 Å². The second kappa shape index (κ2) is 15.8. The number of sulfonamides is 1. The summed E-state index contributed by atoms with van der Waals surface area (Å²) in [5.74, 6) is -0.153. The van der Waals surface area contributed by atoms with E-state index in [0.29, 0.717) is 24.5 Å². The summed E-state index contributed by atoms with van der Waals surface area (Å²) in [6, 6.07) is 20.1. The Bertz CT molecular complexity index is 1460. The van der Waals surface area contributed by atoms with Gasteiger partial charge in [-0.15, -0.1) is 11.8 Å². The van der Waals surface area contributed by atoms with Crippen molar-refractivity contribution in [3.8, 4) is 5.75 Å². The second-order valence-corrected chi connectivity index (χ2v) is 13.1. The van der Waals surface area contributed by atoms with E-state index in [1.54, 1.807) is 48.5 Å². The third-order valence-electron chi connectivity index (χ3n) is 7.18. The van der Waals surface area contributed by atoms with Gasteiger partial charge in [0.1, 0.15) is 18.3 Å². The maximum absolute atomic E-state index is 14.2. The third-order valence-corrected chi connectivity index (χ3v) is 9.72. The van der Waals surface area contributed by atoms with Gasteiger partial charge in [0.2, 0.25) is 11.8 Å². The van der Waals surface area contributed by atoms with E-state index in [1.807, 2.05) is 65.1 Å². The molecule has 2 atom stereocenters. The largest absolute Gasteiger partial charge is 0.494 e. The average Bonchev–Trinajstić information content (AvgIpc) is 3.00. The number of thioether (sulfide) groups is 1. The van der Waals surface area contributed by atoms with E-state index in [-0.39, 0.29) is 23.4 Å². The predicted molar refractivity (Wildman–Crippen MR) is 174 cm³/mol. The lowest BCUT2D eigenvalue weighted by Crippen LogP contribution is -2.53. The fourth-order valence-electron chi connectivity index (χ4n) is 4.65. The number of amides is 2. The van der Waals surface area contributed by atoms with Gasteiger partial charge < -0.3 is 15.0 Å². The highest BCUT2D eigenvalue weighted by atomic mass is 32.2. The first kappa shape index (κ1) is 34.0. The first-order chi connectivity index (χ1) is 20.5. The molecule has 3 aromatic rings. The minimum absolute atomic E-state index is 0.0672. The van der Waals surface area contributed by atoms with Crippen molar-refractivity contribution in [2.75, 3.05) is 23.7 Å². The normalized spacial score (nSPS) is 12.7. The number of ether oxygens (including phenoxy) is 1. The summed E-state index contributed by atoms with van der Waals surface area (Å²) >= 11 is 1.51. The van der Waals surface area contributed by atoms with Crippen LogP contribution in [0.25, 0.3) is 0 Å². The van der Waals surface area contributed by atoms with Crippen LogP contribution in [-0.4, -0.2) is 56.6 Å². The molecule has 0 aromatic heterocycles. The van der Waals surface area contributed by atoms with E-state index in [4.69, 9.17) is 4.74 Å². The van der Waals surface area contributed by atoms with Gasteiger partial charge in [0.15, 0.2) is 0 Å². The lowest BCUT2D eigenvalue weighted by Gasteiger charge is -2.33. The molecule has 1 N–H and O–H groups in total. The number of hydrogen-bond donors (Lipinski definition) is 1. The van der Waals surface area contributed by atoms with Crippen LogP contribution in [0, 0.1) is 6.92 Å². The van der Waals surface area contributed by atoms with Crippen molar-refractivity contribution in [2.24, 2.45) is 0 Å². The molecule has 43 heavy (non-hydrogen) atoms. The van der Waals surface area contributed by atoms with Crippen LogP contribution in [0.5, 0.6) is 5.75 Å². The van der Waals surface area contributed by atoms with Gasteiger partial charge in [-0.2, -0.15) is 0 Å². The number of hydrogen-bond acceptors (Lipinski definition) is 6. The fraction of sp³-hybridized carbons (Fsp3) is 0.394. The molecule has 232 valence electrons. The Morgan fingerprint density at radius 3 is 2.19 bits per heavy atom. The molecule has 0 aliphatic heterocycles. The number of carbonyl (C=O) groups excluding carboxylic acids is 2. The van der Waals surface area contributed by atoms with E-state index in [9.17, 15) is 18.0 Å². The fourth-order valence-corrected chi connectivity index (χ4v) is 6.47. The van der Waals surface area contributed by atoms with E-state index in [1.165, 1.54) is 16.7 Å². The first-order valence-electron chi connectivity index (χ1n) is 14.6. The maximum atomic E-state index is 14.2. The Balaban J connectivity index is 2.07. The minimum atomic E-state index is -4.15. The highest BCUT2D eigenvalue weighted by Gasteiger charge is 2.34. The van der Waals surface area contributed by atoms with Crippen molar-refractivity contribution in [2.45, 2.75) is 75.9 Å². The number of rotatable bonds is 15. The number of nitrogens with zero attached hydrogens (tertiary/aromatic N) is 2. The lowest BCUT2D eigenvalue weighted by molar-refractivity contribution is -0.140. The van der Waals surface area contributed by atoms with E-state index >= 15 is 0 Å². The van der Waals surface area contributed by atoms with E-state index in [0.717, 1.165) is 26.7 Å². The molecule has 3 aromatic carbocycles. The monoisotopic (exact) mass is 625 g/mol. The summed E-state index contributed by atoms with van der Waals surface area (Å²) in [5.41, 5.74) is 2.19. The van der Waals surface area contributed by atoms with Crippen molar-refractivity contribution in [1.82, 2.24) is 10.2 Å². The molecule has 0 aliphatic carbocycles. The van der Waals surface area contributed by atoms with Crippen molar-refractivity contribution in [3.63, 3.8) is 0 Å². The quantitative estimate of drug-likeness (QED) is 0.207. The van der Waals surface area contributed by atoms with E-state index in [2.05, 4.69) is 5.32 Å². The molecule has 0 saturated carbocycles. The maximum Gasteiger partial charge on any atom is 0.264 e. The Hall–Kier alpha value is -3.50. The van der Waals surface area contributed by atoms with Crippen LogP contribution < -0.4 is 14.4 Å². The summed E-state index contributed by atoms with van der Waals surface area (Å²) in [6.07, 6.45) is 3.03. The molecule has 3 rings (SSSR count). The standard InChI is InChI=1S/C33H43N3O5S2/c1-7-25(5)34-33(38)31(8-2)35(22-26-12-10-11-24(4)21-26)32(37)23-36(27-13-15-28(16-14-27)41-9-3)43(39,40)30-19-17-29(42-6)18-20-30/h10-21,25,31H,7-9,22-23H2,1-6H3,(H,34,38)/t25-,31-/m0/s1. The number of nitrogens with one attached hydrogen (secondary N) is 1. The zero-order valence-electron chi connectivity index (χ0n) is 25.9. The molecule has 0 heterocycles. The van der Waals surface area contributed by atoms with Crippen molar-refractivity contribution in [1.29, 1.82) is 0 Å². The van der Waals surface area contributed by atoms with Crippen molar-refractivity contribution >= 4 is 39.3 Å². The smallest absolute Gasteiger partial charge is 0.264 e. The summed E-state index contributed by atoms with van der Waals surface area (Å²) in [7, 11) is -4.15. The van der Waals surface area contributed by atoms with Crippen molar-refractivity contribution in [3.05, 3.63) is 83.9 Å². The zero-order chi connectivity index (χ0) is 31.6. The molecular weight excluding hydrogens is 583 g/mol. The van der Waals surface area contributed by atoms with Gasteiger partial charge >= 0.3 is 0 Å². The highest BCUT2D eigenvalue weighted by molar-refractivity contribution is 7.98. The molecule has 0 fully saturated rings. The molecule has 0 radical (unpaired) electrons. The SMILES string of the molecule is CCOc1ccc(N(CC(=O)N(Cc2cccc(C)c2)[C@@H](CC)C(=O)N[C@@H](C)CC)S(=O)(=O)c2ccc(SC)cc2)cc1. The number of carbonyl (C=O) groups is 2. The molecule has 0 unspecified atom stereocenters. The van der Waals surface area contributed by atoms with Crippen LogP contribution >= 0.6 is 11.8 Å². The molecular formula is C33H43N3O5S2. The molecule has 0 bridgehead atoms. The molecule has 0 saturated heterocycles. The van der Waals surface area contributed by atoms with Gasteiger partial charge in [0.25, 0.3) is 10.0 Å². The Kier molecular flexibility index (Phi) is 12.5.